The molecule has 0 saturated carbocycles. The highest BCUT2D eigenvalue weighted by Gasteiger charge is 2.16. The van der Waals surface area contributed by atoms with Gasteiger partial charge in [-0.1, -0.05) is 55.1 Å². The molecule has 0 aliphatic rings. The Morgan fingerprint density at radius 2 is 1.94 bits per heavy atom. The highest BCUT2D eigenvalue weighted by molar-refractivity contribution is 7.99. The smallest absolute Gasteiger partial charge is 0.230 e. The van der Waals surface area contributed by atoms with Crippen LogP contribution >= 0.6 is 11.8 Å². The topological polar surface area (TPSA) is 69.0 Å². The molecule has 0 bridgehead atoms. The molecular weight excluding hydrogens is 408 g/mol. The Kier molecular flexibility index (Phi) is 8.29. The van der Waals surface area contributed by atoms with Crippen molar-refractivity contribution in [3.05, 3.63) is 72.8 Å². The Morgan fingerprint density at radius 1 is 1.19 bits per heavy atom. The number of hydrogen-bond donors (Lipinski definition) is 1. The minimum atomic E-state index is -0.0152. The maximum atomic E-state index is 12.5. The predicted octanol–water partition coefficient (Wildman–Crippen LogP) is 4.54. The lowest BCUT2D eigenvalue weighted by Gasteiger charge is -2.16. The molecule has 3 rings (SSSR count). The summed E-state index contributed by atoms with van der Waals surface area (Å²) in [6, 6.07) is 17.9. The van der Waals surface area contributed by atoms with E-state index in [0.717, 1.165) is 23.6 Å². The molecule has 1 amide bonds. The molecule has 3 aromatic rings. The van der Waals surface area contributed by atoms with Crippen LogP contribution in [0.4, 0.5) is 0 Å². The number of methoxy groups -OCH3 is 1. The number of carbonyl (C=O) groups is 1. The standard InChI is InChI=1S/C24H28N4O2S/c1-4-15-28-23(20-11-13-21(30-3)14-12-20)26-27-24(28)31-17-22(29)25-16-18(5-2)19-9-7-6-8-10-19/h4,6-14,18H,1,5,15-17H2,2-3H3,(H,25,29)/t18-/m1/s1. The number of rotatable bonds is 11. The number of amides is 1. The molecule has 0 aliphatic heterocycles. The molecule has 0 spiro atoms. The van der Waals surface area contributed by atoms with Crippen LogP contribution in [-0.4, -0.2) is 40.1 Å². The molecule has 0 saturated heterocycles. The van der Waals surface area contributed by atoms with E-state index in [-0.39, 0.29) is 11.7 Å². The van der Waals surface area contributed by atoms with Gasteiger partial charge in [0.25, 0.3) is 0 Å². The Labute approximate surface area is 187 Å². The van der Waals surface area contributed by atoms with E-state index in [2.05, 4.69) is 41.1 Å². The lowest BCUT2D eigenvalue weighted by Crippen LogP contribution is -2.29. The van der Waals surface area contributed by atoms with Crippen molar-refractivity contribution >= 4 is 17.7 Å². The van der Waals surface area contributed by atoms with E-state index in [1.54, 1.807) is 13.2 Å². The van der Waals surface area contributed by atoms with Crippen molar-refractivity contribution in [1.29, 1.82) is 0 Å². The van der Waals surface area contributed by atoms with Crippen LogP contribution in [0.15, 0.2) is 72.4 Å². The van der Waals surface area contributed by atoms with Crippen molar-refractivity contribution in [2.45, 2.75) is 31.0 Å². The second-order valence-corrected chi connectivity index (χ2v) is 7.99. The average Bonchev–Trinajstić information content (AvgIpc) is 3.21. The van der Waals surface area contributed by atoms with Crippen LogP contribution in [0, 0.1) is 0 Å². The number of hydrogen-bond acceptors (Lipinski definition) is 5. The first-order chi connectivity index (χ1) is 15.2. The average molecular weight is 437 g/mol. The summed E-state index contributed by atoms with van der Waals surface area (Å²) in [6.45, 7) is 7.15. The molecule has 2 aromatic carbocycles. The number of nitrogens with one attached hydrogen (secondary N) is 1. The summed E-state index contributed by atoms with van der Waals surface area (Å²) in [5, 5.41) is 12.4. The Hall–Kier alpha value is -3.06. The fraction of sp³-hybridized carbons (Fsp3) is 0.292. The van der Waals surface area contributed by atoms with Crippen molar-refractivity contribution < 1.29 is 9.53 Å². The molecule has 6 nitrogen and oxygen atoms in total. The second-order valence-electron chi connectivity index (χ2n) is 7.04. The number of nitrogens with zero attached hydrogens (tertiary/aromatic N) is 3. The molecule has 31 heavy (non-hydrogen) atoms. The van der Waals surface area contributed by atoms with Crippen molar-refractivity contribution in [3.8, 4) is 17.1 Å². The van der Waals surface area contributed by atoms with Gasteiger partial charge in [0.1, 0.15) is 5.75 Å². The zero-order chi connectivity index (χ0) is 22.1. The molecule has 162 valence electrons. The third-order valence-corrected chi connectivity index (χ3v) is 5.99. The summed E-state index contributed by atoms with van der Waals surface area (Å²) < 4.78 is 7.19. The Morgan fingerprint density at radius 3 is 2.58 bits per heavy atom. The molecule has 0 radical (unpaired) electrons. The lowest BCUT2D eigenvalue weighted by molar-refractivity contribution is -0.118. The van der Waals surface area contributed by atoms with Crippen LogP contribution < -0.4 is 10.1 Å². The van der Waals surface area contributed by atoms with Crippen molar-refractivity contribution in [1.82, 2.24) is 20.1 Å². The molecule has 0 aliphatic carbocycles. The minimum absolute atomic E-state index is 0.0152. The molecular formula is C24H28N4O2S. The minimum Gasteiger partial charge on any atom is -0.497 e. The van der Waals surface area contributed by atoms with Crippen molar-refractivity contribution in [2.75, 3.05) is 19.4 Å². The normalized spacial score (nSPS) is 11.7. The third-order valence-electron chi connectivity index (χ3n) is 5.02. The molecule has 1 N–H and O–H groups in total. The summed E-state index contributed by atoms with van der Waals surface area (Å²) in [7, 11) is 1.64. The van der Waals surface area contributed by atoms with E-state index >= 15 is 0 Å². The van der Waals surface area contributed by atoms with Crippen LogP contribution in [0.25, 0.3) is 11.4 Å². The highest BCUT2D eigenvalue weighted by Crippen LogP contribution is 2.26. The van der Waals surface area contributed by atoms with Gasteiger partial charge in [-0.25, -0.2) is 0 Å². The Balaban J connectivity index is 1.62. The summed E-state index contributed by atoms with van der Waals surface area (Å²) in [6.07, 6.45) is 2.77. The van der Waals surface area contributed by atoms with Crippen LogP contribution in [0.3, 0.4) is 0 Å². The zero-order valence-electron chi connectivity index (χ0n) is 18.0. The highest BCUT2D eigenvalue weighted by atomic mass is 32.2. The summed E-state index contributed by atoms with van der Waals surface area (Å²) in [5.41, 5.74) is 2.17. The molecule has 0 fully saturated rings. The summed E-state index contributed by atoms with van der Waals surface area (Å²) in [5.74, 6) is 2.09. The lowest BCUT2D eigenvalue weighted by atomic mass is 9.96. The van der Waals surface area contributed by atoms with E-state index in [4.69, 9.17) is 4.74 Å². The number of benzene rings is 2. The third kappa shape index (κ3) is 5.98. The summed E-state index contributed by atoms with van der Waals surface area (Å²) >= 11 is 1.38. The van der Waals surface area contributed by atoms with Crippen LogP contribution in [0.5, 0.6) is 5.75 Å². The van der Waals surface area contributed by atoms with E-state index in [9.17, 15) is 4.79 Å². The van der Waals surface area contributed by atoms with E-state index < -0.39 is 0 Å². The zero-order valence-corrected chi connectivity index (χ0v) is 18.8. The van der Waals surface area contributed by atoms with Crippen LogP contribution in [-0.2, 0) is 11.3 Å². The predicted molar refractivity (Wildman–Crippen MR) is 125 cm³/mol. The SMILES string of the molecule is C=CCn1c(SCC(=O)NC[C@@H](CC)c2ccccc2)nnc1-c1ccc(OC)cc1. The maximum Gasteiger partial charge on any atom is 0.230 e. The van der Waals surface area contributed by atoms with E-state index in [1.165, 1.54) is 17.3 Å². The van der Waals surface area contributed by atoms with Gasteiger partial charge in [0.2, 0.25) is 5.91 Å². The molecule has 1 atom stereocenters. The van der Waals surface area contributed by atoms with Gasteiger partial charge in [0.05, 0.1) is 12.9 Å². The summed E-state index contributed by atoms with van der Waals surface area (Å²) in [4.78, 5) is 12.5. The number of allylic oxidation sites excluding steroid dienone is 1. The fourth-order valence-electron chi connectivity index (χ4n) is 3.28. The van der Waals surface area contributed by atoms with Gasteiger partial charge in [-0.3, -0.25) is 9.36 Å². The van der Waals surface area contributed by atoms with Gasteiger partial charge in [-0.2, -0.15) is 0 Å². The largest absolute Gasteiger partial charge is 0.497 e. The first-order valence-corrected chi connectivity index (χ1v) is 11.3. The van der Waals surface area contributed by atoms with Gasteiger partial charge >= 0.3 is 0 Å². The van der Waals surface area contributed by atoms with Crippen LogP contribution in [0.2, 0.25) is 0 Å². The van der Waals surface area contributed by atoms with Gasteiger partial charge < -0.3 is 10.1 Å². The molecule has 7 heteroatoms. The fourth-order valence-corrected chi connectivity index (χ4v) is 4.06. The first-order valence-electron chi connectivity index (χ1n) is 10.3. The second kappa shape index (κ2) is 11.4. The number of aromatic nitrogens is 3. The van der Waals surface area contributed by atoms with Gasteiger partial charge in [-0.15, -0.1) is 16.8 Å². The van der Waals surface area contributed by atoms with Gasteiger partial charge in [-0.05, 0) is 36.2 Å². The Bertz CT molecular complexity index is 987. The monoisotopic (exact) mass is 436 g/mol. The van der Waals surface area contributed by atoms with Crippen LogP contribution in [0.1, 0.15) is 24.8 Å². The maximum absolute atomic E-state index is 12.5. The molecule has 1 heterocycles. The van der Waals surface area contributed by atoms with E-state index in [1.807, 2.05) is 47.0 Å². The molecule has 0 unspecified atom stereocenters. The van der Waals surface area contributed by atoms with Gasteiger partial charge in [0.15, 0.2) is 11.0 Å². The van der Waals surface area contributed by atoms with Crippen molar-refractivity contribution in [2.24, 2.45) is 0 Å². The first kappa shape index (κ1) is 22.6. The number of ether oxygens (including phenoxy) is 1. The van der Waals surface area contributed by atoms with E-state index in [0.29, 0.717) is 24.2 Å². The van der Waals surface area contributed by atoms with Crippen molar-refractivity contribution in [3.63, 3.8) is 0 Å². The van der Waals surface area contributed by atoms with Gasteiger partial charge in [0, 0.05) is 24.6 Å². The number of carbonyl (C=O) groups excluding carboxylic acids is 1. The molecule has 1 aromatic heterocycles. The number of thioether (sulfide) groups is 1. The quantitative estimate of drug-likeness (QED) is 0.353.